The third kappa shape index (κ3) is 3.65. The van der Waals surface area contributed by atoms with Gasteiger partial charge in [0.05, 0.1) is 23.6 Å². The zero-order chi connectivity index (χ0) is 17.8. The Morgan fingerprint density at radius 2 is 2.04 bits per heavy atom. The zero-order valence-electron chi connectivity index (χ0n) is 14.8. The van der Waals surface area contributed by atoms with Crippen LogP contribution in [0.5, 0.6) is 5.75 Å². The first-order chi connectivity index (χ1) is 12.1. The van der Waals surface area contributed by atoms with Gasteiger partial charge in [-0.15, -0.1) is 0 Å². The number of aryl methyl sites for hydroxylation is 2. The van der Waals surface area contributed by atoms with Gasteiger partial charge in [0.1, 0.15) is 18.2 Å². The minimum Gasteiger partial charge on any atom is -0.491 e. The number of imidazole rings is 1. The van der Waals surface area contributed by atoms with Crippen molar-refractivity contribution in [2.75, 3.05) is 6.61 Å². The Balaban J connectivity index is 1.82. The van der Waals surface area contributed by atoms with E-state index in [1.54, 1.807) is 0 Å². The van der Waals surface area contributed by atoms with Crippen molar-refractivity contribution < 1.29 is 9.53 Å². The summed E-state index contributed by atoms with van der Waals surface area (Å²) < 4.78 is 8.08. The van der Waals surface area contributed by atoms with Crippen LogP contribution >= 0.6 is 0 Å². The normalized spacial score (nSPS) is 12.1. The van der Waals surface area contributed by atoms with Gasteiger partial charge in [-0.05, 0) is 44.5 Å². The van der Waals surface area contributed by atoms with E-state index >= 15 is 0 Å². The summed E-state index contributed by atoms with van der Waals surface area (Å²) in [4.78, 5) is 15.5. The van der Waals surface area contributed by atoms with E-state index < -0.39 is 0 Å². The maximum Gasteiger partial charge on any atom is 0.207 e. The second-order valence-corrected chi connectivity index (χ2v) is 6.23. The van der Waals surface area contributed by atoms with Crippen LogP contribution in [0.25, 0.3) is 11.0 Å². The van der Waals surface area contributed by atoms with E-state index in [9.17, 15) is 4.79 Å². The van der Waals surface area contributed by atoms with E-state index in [1.165, 1.54) is 5.56 Å². The van der Waals surface area contributed by atoms with Crippen molar-refractivity contribution in [1.82, 2.24) is 14.9 Å². The number of para-hydroxylation sites is 2. The zero-order valence-corrected chi connectivity index (χ0v) is 14.8. The Morgan fingerprint density at radius 1 is 1.24 bits per heavy atom. The molecule has 3 aromatic rings. The van der Waals surface area contributed by atoms with E-state index in [2.05, 4.69) is 40.8 Å². The van der Waals surface area contributed by atoms with Crippen LogP contribution in [0.4, 0.5) is 0 Å². The number of fused-ring (bicyclic) bond motifs is 1. The number of carbonyl (C=O) groups is 1. The molecule has 25 heavy (non-hydrogen) atoms. The molecule has 1 atom stereocenters. The van der Waals surface area contributed by atoms with E-state index in [4.69, 9.17) is 4.74 Å². The molecular weight excluding hydrogens is 314 g/mol. The lowest BCUT2D eigenvalue weighted by Crippen LogP contribution is -2.22. The molecule has 1 amide bonds. The largest absolute Gasteiger partial charge is 0.491 e. The van der Waals surface area contributed by atoms with Crippen molar-refractivity contribution in [2.45, 2.75) is 33.4 Å². The topological polar surface area (TPSA) is 56.1 Å². The highest BCUT2D eigenvalue weighted by Gasteiger charge is 2.16. The summed E-state index contributed by atoms with van der Waals surface area (Å²) in [6.45, 7) is 7.24. The Hall–Kier alpha value is -2.82. The molecule has 1 unspecified atom stereocenters. The standard InChI is InChI=1S/C20H23N3O2/c1-14-8-9-19(15(2)12-14)25-11-10-23-18-7-5-4-6-17(18)22-20(23)16(3)21-13-24/h4-9,12-13,16H,10-11H2,1-3H3,(H,21,24). The fourth-order valence-electron chi connectivity index (χ4n) is 3.04. The summed E-state index contributed by atoms with van der Waals surface area (Å²) in [5.41, 5.74) is 4.32. The van der Waals surface area contributed by atoms with E-state index in [0.29, 0.717) is 19.6 Å². The monoisotopic (exact) mass is 337 g/mol. The molecule has 0 radical (unpaired) electrons. The quantitative estimate of drug-likeness (QED) is 0.671. The number of nitrogens with zero attached hydrogens (tertiary/aromatic N) is 2. The first kappa shape index (κ1) is 17.0. The van der Waals surface area contributed by atoms with Gasteiger partial charge >= 0.3 is 0 Å². The Morgan fingerprint density at radius 3 is 2.80 bits per heavy atom. The first-order valence-corrected chi connectivity index (χ1v) is 8.45. The van der Waals surface area contributed by atoms with Gasteiger partial charge in [0.15, 0.2) is 0 Å². The fraction of sp³-hybridized carbons (Fsp3) is 0.300. The number of benzene rings is 2. The summed E-state index contributed by atoms with van der Waals surface area (Å²) >= 11 is 0. The molecule has 0 saturated heterocycles. The third-order valence-electron chi connectivity index (χ3n) is 4.29. The number of amides is 1. The maximum absolute atomic E-state index is 10.8. The van der Waals surface area contributed by atoms with Crippen molar-refractivity contribution >= 4 is 17.4 Å². The van der Waals surface area contributed by atoms with Crippen molar-refractivity contribution in [1.29, 1.82) is 0 Å². The summed E-state index contributed by atoms with van der Waals surface area (Å²) in [6.07, 6.45) is 0.709. The average Bonchev–Trinajstić information content (AvgIpc) is 2.96. The number of nitrogens with one attached hydrogen (secondary N) is 1. The number of carbonyl (C=O) groups excluding carboxylic acids is 1. The Labute approximate surface area is 147 Å². The van der Waals surface area contributed by atoms with E-state index in [-0.39, 0.29) is 6.04 Å². The molecule has 0 saturated carbocycles. The fourth-order valence-corrected chi connectivity index (χ4v) is 3.04. The van der Waals surface area contributed by atoms with Gasteiger partial charge in [-0.1, -0.05) is 29.8 Å². The third-order valence-corrected chi connectivity index (χ3v) is 4.29. The second kappa shape index (κ2) is 7.38. The van der Waals surface area contributed by atoms with Crippen molar-refractivity contribution in [3.63, 3.8) is 0 Å². The SMILES string of the molecule is Cc1ccc(OCCn2c(C(C)NC=O)nc3ccccc32)c(C)c1. The maximum atomic E-state index is 10.8. The number of ether oxygens (including phenoxy) is 1. The lowest BCUT2D eigenvalue weighted by molar-refractivity contribution is -0.110. The molecule has 0 bridgehead atoms. The van der Waals surface area contributed by atoms with E-state index in [0.717, 1.165) is 28.2 Å². The van der Waals surface area contributed by atoms with Crippen LogP contribution in [0.15, 0.2) is 42.5 Å². The molecule has 0 aliphatic heterocycles. The number of aromatic nitrogens is 2. The molecule has 1 heterocycles. The van der Waals surface area contributed by atoms with Crippen LogP contribution in [0, 0.1) is 13.8 Å². The highest BCUT2D eigenvalue weighted by Crippen LogP contribution is 2.22. The van der Waals surface area contributed by atoms with Gasteiger partial charge in [-0.3, -0.25) is 4.79 Å². The van der Waals surface area contributed by atoms with Gasteiger partial charge < -0.3 is 14.6 Å². The highest BCUT2D eigenvalue weighted by atomic mass is 16.5. The molecule has 0 aliphatic rings. The van der Waals surface area contributed by atoms with Gasteiger partial charge in [0, 0.05) is 0 Å². The van der Waals surface area contributed by atoms with Crippen molar-refractivity contribution in [2.24, 2.45) is 0 Å². The number of rotatable bonds is 7. The van der Waals surface area contributed by atoms with Gasteiger partial charge in [-0.2, -0.15) is 0 Å². The molecule has 3 rings (SSSR count). The number of hydrogen-bond donors (Lipinski definition) is 1. The lowest BCUT2D eigenvalue weighted by Gasteiger charge is -2.15. The molecule has 5 heteroatoms. The Kier molecular flexibility index (Phi) is 5.03. The van der Waals surface area contributed by atoms with Crippen LogP contribution in [-0.4, -0.2) is 22.6 Å². The van der Waals surface area contributed by atoms with Gasteiger partial charge in [0.2, 0.25) is 6.41 Å². The van der Waals surface area contributed by atoms with Crippen LogP contribution in [0.1, 0.15) is 29.9 Å². The summed E-state index contributed by atoms with van der Waals surface area (Å²) in [7, 11) is 0. The molecule has 1 N–H and O–H groups in total. The second-order valence-electron chi connectivity index (χ2n) is 6.23. The minimum absolute atomic E-state index is 0.161. The molecular formula is C20H23N3O2. The van der Waals surface area contributed by atoms with Crippen molar-refractivity contribution in [3.05, 3.63) is 59.4 Å². The Bertz CT molecular complexity index is 886. The molecule has 130 valence electrons. The smallest absolute Gasteiger partial charge is 0.207 e. The average molecular weight is 337 g/mol. The van der Waals surface area contributed by atoms with Crippen LogP contribution < -0.4 is 10.1 Å². The molecule has 5 nitrogen and oxygen atoms in total. The minimum atomic E-state index is -0.161. The van der Waals surface area contributed by atoms with Crippen molar-refractivity contribution in [3.8, 4) is 5.75 Å². The van der Waals surface area contributed by atoms with E-state index in [1.807, 2.05) is 37.3 Å². The molecule has 2 aromatic carbocycles. The van der Waals surface area contributed by atoms with Crippen LogP contribution in [0.3, 0.4) is 0 Å². The summed E-state index contributed by atoms with van der Waals surface area (Å²) in [5.74, 6) is 1.73. The summed E-state index contributed by atoms with van der Waals surface area (Å²) in [6, 6.07) is 14.0. The molecule has 1 aromatic heterocycles. The van der Waals surface area contributed by atoms with Crippen LogP contribution in [0.2, 0.25) is 0 Å². The molecule has 0 aliphatic carbocycles. The molecule has 0 fully saturated rings. The van der Waals surface area contributed by atoms with Gasteiger partial charge in [-0.25, -0.2) is 4.98 Å². The lowest BCUT2D eigenvalue weighted by atomic mass is 10.1. The van der Waals surface area contributed by atoms with Gasteiger partial charge in [0.25, 0.3) is 0 Å². The first-order valence-electron chi connectivity index (χ1n) is 8.45. The molecule has 0 spiro atoms. The predicted octanol–water partition coefficient (Wildman–Crippen LogP) is 3.54. The highest BCUT2D eigenvalue weighted by molar-refractivity contribution is 5.76. The summed E-state index contributed by atoms with van der Waals surface area (Å²) in [5, 5.41) is 2.78. The van der Waals surface area contributed by atoms with Crippen LogP contribution in [-0.2, 0) is 11.3 Å². The predicted molar refractivity (Wildman–Crippen MR) is 98.8 cm³/mol. The number of hydrogen-bond acceptors (Lipinski definition) is 3.